The molecule has 0 saturated carbocycles. The molecule has 2 aliphatic rings. The number of fused-ring (bicyclic) bond motifs is 4. The smallest absolute Gasteiger partial charge is 0.216 e. The number of H-pyrrole nitrogens is 1. The van der Waals surface area contributed by atoms with Gasteiger partial charge in [-0.05, 0) is 48.7 Å². The van der Waals surface area contributed by atoms with Gasteiger partial charge in [-0.2, -0.15) is 0 Å². The zero-order valence-electron chi connectivity index (χ0n) is 20.1. The summed E-state index contributed by atoms with van der Waals surface area (Å²) < 4.78 is 11.5. The predicted octanol–water partition coefficient (Wildman–Crippen LogP) is 3.15. The van der Waals surface area contributed by atoms with E-state index in [0.29, 0.717) is 13.2 Å². The second-order valence-corrected chi connectivity index (χ2v) is 9.33. The molecule has 1 fully saturated rings. The van der Waals surface area contributed by atoms with Crippen LogP contribution in [-0.4, -0.2) is 73.7 Å². The summed E-state index contributed by atoms with van der Waals surface area (Å²) in [6.45, 7) is 7.59. The molecule has 2 aliphatic heterocycles. The second kappa shape index (κ2) is 9.68. The normalized spacial score (nSPS) is 20.5. The molecule has 1 aromatic heterocycles. The van der Waals surface area contributed by atoms with Gasteiger partial charge in [0, 0.05) is 62.8 Å². The van der Waals surface area contributed by atoms with E-state index in [4.69, 9.17) is 9.47 Å². The van der Waals surface area contributed by atoms with Crippen LogP contribution in [0.1, 0.15) is 24.6 Å². The van der Waals surface area contributed by atoms with Crippen molar-refractivity contribution in [3.63, 3.8) is 0 Å². The first kappa shape index (κ1) is 22.7. The van der Waals surface area contributed by atoms with Crippen LogP contribution in [0.3, 0.4) is 0 Å². The maximum absolute atomic E-state index is 11.5. The molecule has 2 N–H and O–H groups in total. The van der Waals surface area contributed by atoms with Crippen LogP contribution in [0.4, 0.5) is 0 Å². The molecule has 7 nitrogen and oxygen atoms in total. The van der Waals surface area contributed by atoms with Crippen molar-refractivity contribution in [1.82, 2.24) is 20.1 Å². The number of carbonyl (C=O) groups excluding carboxylic acids is 1. The average molecular weight is 463 g/mol. The lowest BCUT2D eigenvalue weighted by molar-refractivity contribution is -0.119. The van der Waals surface area contributed by atoms with E-state index in [1.54, 1.807) is 14.0 Å². The molecule has 7 heteroatoms. The minimum Gasteiger partial charge on any atom is -0.497 e. The summed E-state index contributed by atoms with van der Waals surface area (Å²) in [5.74, 6) is 1.83. The summed E-state index contributed by atoms with van der Waals surface area (Å²) in [6.07, 6.45) is 2.04. The summed E-state index contributed by atoms with van der Waals surface area (Å²) >= 11 is 0. The highest BCUT2D eigenvalue weighted by molar-refractivity contribution is 5.87. The number of benzene rings is 2. The lowest BCUT2D eigenvalue weighted by Gasteiger charge is -2.45. The predicted molar refractivity (Wildman–Crippen MR) is 133 cm³/mol. The molecule has 1 saturated heterocycles. The molecule has 0 radical (unpaired) electrons. The summed E-state index contributed by atoms with van der Waals surface area (Å²) in [5.41, 5.74) is 3.81. The highest BCUT2D eigenvalue weighted by Gasteiger charge is 2.48. The lowest BCUT2D eigenvalue weighted by Crippen LogP contribution is -2.54. The van der Waals surface area contributed by atoms with E-state index in [1.807, 2.05) is 36.4 Å². The van der Waals surface area contributed by atoms with Gasteiger partial charge in [0.25, 0.3) is 0 Å². The molecular weight excluding hydrogens is 428 g/mol. The highest BCUT2D eigenvalue weighted by Crippen LogP contribution is 2.44. The Hall–Kier alpha value is -3.03. The van der Waals surface area contributed by atoms with Crippen molar-refractivity contribution in [3.8, 4) is 11.5 Å². The molecule has 1 spiro atoms. The van der Waals surface area contributed by atoms with E-state index < -0.39 is 0 Å². The van der Waals surface area contributed by atoms with Crippen LogP contribution in [0.25, 0.3) is 10.9 Å². The number of methoxy groups -OCH3 is 1. The second-order valence-electron chi connectivity index (χ2n) is 9.33. The van der Waals surface area contributed by atoms with E-state index in [9.17, 15) is 4.79 Å². The van der Waals surface area contributed by atoms with E-state index in [0.717, 1.165) is 57.1 Å². The number of aromatic amines is 1. The fraction of sp³-hybridized carbons (Fsp3) is 0.444. The van der Waals surface area contributed by atoms with Crippen LogP contribution in [0, 0.1) is 0 Å². The number of likely N-dealkylation sites (tertiary alicyclic amines) is 1. The summed E-state index contributed by atoms with van der Waals surface area (Å²) in [7, 11) is 1.72. The van der Waals surface area contributed by atoms with Crippen LogP contribution < -0.4 is 14.8 Å². The zero-order valence-corrected chi connectivity index (χ0v) is 20.1. The van der Waals surface area contributed by atoms with Crippen LogP contribution in [-0.2, 0) is 16.8 Å². The Kier molecular flexibility index (Phi) is 6.48. The van der Waals surface area contributed by atoms with Crippen molar-refractivity contribution < 1.29 is 14.3 Å². The molecule has 1 unspecified atom stereocenters. The first-order valence-electron chi connectivity index (χ1n) is 12.2. The monoisotopic (exact) mass is 462 g/mol. The fourth-order valence-electron chi connectivity index (χ4n) is 5.66. The number of hydrogen-bond donors (Lipinski definition) is 2. The number of hydrogen-bond acceptors (Lipinski definition) is 5. The topological polar surface area (TPSA) is 69.8 Å². The minimum atomic E-state index is -0.0922. The summed E-state index contributed by atoms with van der Waals surface area (Å²) in [6, 6.07) is 16.3. The Balaban J connectivity index is 1.39. The molecule has 3 aromatic rings. The Morgan fingerprint density at radius 1 is 1.12 bits per heavy atom. The van der Waals surface area contributed by atoms with Crippen LogP contribution >= 0.6 is 0 Å². The first-order valence-corrected chi connectivity index (χ1v) is 12.2. The number of carbonyl (C=O) groups is 1. The van der Waals surface area contributed by atoms with Crippen LogP contribution in [0.2, 0.25) is 0 Å². The van der Waals surface area contributed by atoms with Crippen molar-refractivity contribution in [2.24, 2.45) is 0 Å². The van der Waals surface area contributed by atoms with Crippen LogP contribution in [0.5, 0.6) is 11.5 Å². The largest absolute Gasteiger partial charge is 0.497 e. The average Bonchev–Trinajstić information content (AvgIpc) is 3.44. The van der Waals surface area contributed by atoms with Crippen molar-refractivity contribution in [1.29, 1.82) is 0 Å². The van der Waals surface area contributed by atoms with Gasteiger partial charge in [0.2, 0.25) is 5.91 Å². The molecule has 3 heterocycles. The van der Waals surface area contributed by atoms with E-state index in [1.165, 1.54) is 22.2 Å². The van der Waals surface area contributed by atoms with Gasteiger partial charge in [-0.1, -0.05) is 18.2 Å². The molecule has 2 aromatic carbocycles. The highest BCUT2D eigenvalue weighted by atomic mass is 16.5. The van der Waals surface area contributed by atoms with Gasteiger partial charge in [-0.3, -0.25) is 14.6 Å². The SMILES string of the molecule is COc1ccc2[nH]c3c(c2c1)CCN(CCNC(C)=O)C31CCN(CCOc2ccccc2)C1. The number of para-hydroxylation sites is 1. The van der Waals surface area contributed by atoms with Gasteiger partial charge in [-0.25, -0.2) is 0 Å². The standard InChI is InChI=1S/C27H34N4O3/c1-20(32)28-12-15-31-13-10-23-24-18-22(33-2)8-9-25(24)29-26(23)27(31)11-14-30(19-27)16-17-34-21-6-4-3-5-7-21/h3-9,18,29H,10-17,19H2,1-2H3,(H,28,32). The lowest BCUT2D eigenvalue weighted by atomic mass is 9.84. The van der Waals surface area contributed by atoms with Gasteiger partial charge in [0.1, 0.15) is 18.1 Å². The molecule has 1 amide bonds. The third-order valence-corrected chi connectivity index (χ3v) is 7.32. The molecular formula is C27H34N4O3. The third kappa shape index (κ3) is 4.38. The molecule has 0 aliphatic carbocycles. The Morgan fingerprint density at radius 3 is 2.76 bits per heavy atom. The van der Waals surface area contributed by atoms with E-state index >= 15 is 0 Å². The maximum Gasteiger partial charge on any atom is 0.216 e. The summed E-state index contributed by atoms with van der Waals surface area (Å²) in [5, 5.41) is 4.25. The van der Waals surface area contributed by atoms with E-state index in [2.05, 4.69) is 32.2 Å². The number of rotatable bonds is 8. The molecule has 180 valence electrons. The zero-order chi connectivity index (χ0) is 23.5. The fourth-order valence-corrected chi connectivity index (χ4v) is 5.66. The van der Waals surface area contributed by atoms with Gasteiger partial charge in [0.05, 0.1) is 12.6 Å². The number of aromatic nitrogens is 1. The van der Waals surface area contributed by atoms with Gasteiger partial charge < -0.3 is 19.8 Å². The van der Waals surface area contributed by atoms with Crippen LogP contribution in [0.15, 0.2) is 48.5 Å². The molecule has 1 atom stereocenters. The molecule has 5 rings (SSSR count). The van der Waals surface area contributed by atoms with Crippen molar-refractivity contribution in [2.45, 2.75) is 25.3 Å². The minimum absolute atomic E-state index is 0.0237. The Labute approximate surface area is 201 Å². The number of nitrogens with zero attached hydrogens (tertiary/aromatic N) is 2. The molecule has 34 heavy (non-hydrogen) atoms. The summed E-state index contributed by atoms with van der Waals surface area (Å²) in [4.78, 5) is 20.4. The molecule has 0 bridgehead atoms. The quantitative estimate of drug-likeness (QED) is 0.538. The Morgan fingerprint density at radius 2 is 1.97 bits per heavy atom. The maximum atomic E-state index is 11.5. The van der Waals surface area contributed by atoms with E-state index in [-0.39, 0.29) is 11.4 Å². The van der Waals surface area contributed by atoms with Gasteiger partial charge >= 0.3 is 0 Å². The van der Waals surface area contributed by atoms with Crippen molar-refractivity contribution in [3.05, 3.63) is 59.8 Å². The van der Waals surface area contributed by atoms with Gasteiger partial charge in [-0.15, -0.1) is 0 Å². The van der Waals surface area contributed by atoms with Crippen molar-refractivity contribution >= 4 is 16.8 Å². The number of ether oxygens (including phenoxy) is 2. The third-order valence-electron chi connectivity index (χ3n) is 7.32. The first-order chi connectivity index (χ1) is 16.6. The number of nitrogens with one attached hydrogen (secondary N) is 2. The van der Waals surface area contributed by atoms with Crippen molar-refractivity contribution in [2.75, 3.05) is 53.0 Å². The Bertz CT molecular complexity index is 1150. The van der Waals surface area contributed by atoms with Gasteiger partial charge in [0.15, 0.2) is 0 Å². The number of amides is 1.